The van der Waals surface area contributed by atoms with Crippen molar-refractivity contribution in [3.05, 3.63) is 65.0 Å². The van der Waals surface area contributed by atoms with Gasteiger partial charge in [-0.15, -0.1) is 10.2 Å². The summed E-state index contributed by atoms with van der Waals surface area (Å²) in [6, 6.07) is 15.6. The van der Waals surface area contributed by atoms with Crippen LogP contribution in [0.25, 0.3) is 11.5 Å². The van der Waals surface area contributed by atoms with E-state index in [-0.39, 0.29) is 0 Å². The lowest BCUT2D eigenvalue weighted by atomic mass is 10.0. The quantitative estimate of drug-likeness (QED) is 0.706. The third-order valence-corrected chi connectivity index (χ3v) is 3.79. The van der Waals surface area contributed by atoms with Crippen molar-refractivity contribution < 1.29 is 4.42 Å². The fourth-order valence-corrected chi connectivity index (χ4v) is 2.59. The van der Waals surface area contributed by atoms with Gasteiger partial charge < -0.3 is 9.73 Å². The van der Waals surface area contributed by atoms with Crippen LogP contribution in [0.2, 0.25) is 5.02 Å². The number of hydrogen-bond acceptors (Lipinski definition) is 4. The molecule has 0 bridgehead atoms. The molecule has 118 valence electrons. The van der Waals surface area contributed by atoms with Gasteiger partial charge in [-0.2, -0.15) is 0 Å². The van der Waals surface area contributed by atoms with Gasteiger partial charge >= 0.3 is 0 Å². The van der Waals surface area contributed by atoms with Crippen molar-refractivity contribution in [2.24, 2.45) is 0 Å². The summed E-state index contributed by atoms with van der Waals surface area (Å²) in [6.07, 6.45) is 0. The molecule has 0 atom stereocenters. The van der Waals surface area contributed by atoms with Crippen molar-refractivity contribution in [3.8, 4) is 11.5 Å². The molecular weight excluding hydrogens is 310 g/mol. The Morgan fingerprint density at radius 3 is 2.70 bits per heavy atom. The second-order valence-corrected chi connectivity index (χ2v) is 6.04. The van der Waals surface area contributed by atoms with E-state index in [4.69, 9.17) is 16.0 Å². The fraction of sp³-hybridized carbons (Fsp3) is 0.222. The Kier molecular flexibility index (Phi) is 4.63. The topological polar surface area (TPSA) is 51.0 Å². The van der Waals surface area contributed by atoms with Gasteiger partial charge in [-0.1, -0.05) is 49.7 Å². The molecule has 5 heteroatoms. The largest absolute Gasteiger partial charge is 0.419 e. The molecule has 3 aromatic rings. The smallest absolute Gasteiger partial charge is 0.247 e. The second-order valence-electron chi connectivity index (χ2n) is 5.61. The maximum absolute atomic E-state index is 5.99. The lowest BCUT2D eigenvalue weighted by molar-refractivity contribution is 0.515. The van der Waals surface area contributed by atoms with Gasteiger partial charge in [0.2, 0.25) is 11.8 Å². The van der Waals surface area contributed by atoms with E-state index in [1.165, 1.54) is 5.56 Å². The van der Waals surface area contributed by atoms with Crippen LogP contribution in [0.5, 0.6) is 0 Å². The first kappa shape index (κ1) is 15.6. The Morgan fingerprint density at radius 2 is 1.91 bits per heavy atom. The molecule has 0 fully saturated rings. The van der Waals surface area contributed by atoms with E-state index >= 15 is 0 Å². The van der Waals surface area contributed by atoms with E-state index in [0.29, 0.717) is 29.3 Å². The standard InChI is InChI=1S/C18H18ClN3O/c1-12(2)15-8-3-4-9-16(15)20-11-17-21-22-18(23-17)13-6-5-7-14(19)10-13/h3-10,12,20H,11H2,1-2H3. The predicted molar refractivity (Wildman–Crippen MR) is 92.6 cm³/mol. The number of nitrogens with zero attached hydrogens (tertiary/aromatic N) is 2. The molecule has 3 rings (SSSR count). The van der Waals surface area contributed by atoms with Crippen LogP contribution in [0.3, 0.4) is 0 Å². The molecule has 0 aliphatic rings. The van der Waals surface area contributed by atoms with Crippen molar-refractivity contribution in [3.63, 3.8) is 0 Å². The Balaban J connectivity index is 1.73. The summed E-state index contributed by atoms with van der Waals surface area (Å²) in [7, 11) is 0. The number of rotatable bonds is 5. The molecule has 1 N–H and O–H groups in total. The first-order valence-corrected chi connectivity index (χ1v) is 7.92. The van der Waals surface area contributed by atoms with Crippen LogP contribution in [0, 0.1) is 0 Å². The average Bonchev–Trinajstić information content (AvgIpc) is 3.02. The van der Waals surface area contributed by atoms with E-state index in [1.54, 1.807) is 6.07 Å². The molecule has 4 nitrogen and oxygen atoms in total. The molecule has 1 aromatic heterocycles. The molecule has 2 aromatic carbocycles. The molecule has 0 unspecified atom stereocenters. The lowest BCUT2D eigenvalue weighted by Gasteiger charge is -2.13. The maximum atomic E-state index is 5.99. The van der Waals surface area contributed by atoms with Crippen molar-refractivity contribution in [1.29, 1.82) is 0 Å². The highest BCUT2D eigenvalue weighted by atomic mass is 35.5. The minimum absolute atomic E-state index is 0.448. The van der Waals surface area contributed by atoms with E-state index < -0.39 is 0 Å². The van der Waals surface area contributed by atoms with Crippen molar-refractivity contribution in [1.82, 2.24) is 10.2 Å². The Morgan fingerprint density at radius 1 is 1.09 bits per heavy atom. The Labute approximate surface area is 140 Å². The molecule has 0 aliphatic heterocycles. The van der Waals surface area contributed by atoms with Gasteiger partial charge in [0.1, 0.15) is 0 Å². The third-order valence-electron chi connectivity index (χ3n) is 3.55. The van der Waals surface area contributed by atoms with Gasteiger partial charge in [-0.3, -0.25) is 0 Å². The van der Waals surface area contributed by atoms with Crippen LogP contribution in [0.15, 0.2) is 52.9 Å². The number of aromatic nitrogens is 2. The monoisotopic (exact) mass is 327 g/mol. The fourth-order valence-electron chi connectivity index (χ4n) is 2.40. The molecule has 0 saturated carbocycles. The summed E-state index contributed by atoms with van der Waals surface area (Å²) < 4.78 is 5.70. The maximum Gasteiger partial charge on any atom is 0.247 e. The van der Waals surface area contributed by atoms with Gasteiger partial charge in [-0.25, -0.2) is 0 Å². The van der Waals surface area contributed by atoms with Crippen LogP contribution in [0.4, 0.5) is 5.69 Å². The average molecular weight is 328 g/mol. The Bertz CT molecular complexity index is 798. The van der Waals surface area contributed by atoms with Gasteiger partial charge in [0.25, 0.3) is 0 Å². The SMILES string of the molecule is CC(C)c1ccccc1NCc1nnc(-c2cccc(Cl)c2)o1. The number of anilines is 1. The highest BCUT2D eigenvalue weighted by Crippen LogP contribution is 2.25. The zero-order chi connectivity index (χ0) is 16.2. The third kappa shape index (κ3) is 3.71. The molecule has 23 heavy (non-hydrogen) atoms. The minimum Gasteiger partial charge on any atom is -0.419 e. The van der Waals surface area contributed by atoms with Gasteiger partial charge in [0.05, 0.1) is 6.54 Å². The summed E-state index contributed by atoms with van der Waals surface area (Å²) in [4.78, 5) is 0. The summed E-state index contributed by atoms with van der Waals surface area (Å²) in [5.74, 6) is 1.46. The molecular formula is C18H18ClN3O. The lowest BCUT2D eigenvalue weighted by Crippen LogP contribution is -2.03. The first-order valence-electron chi connectivity index (χ1n) is 7.54. The molecule has 1 heterocycles. The molecule has 0 aliphatic carbocycles. The normalized spacial score (nSPS) is 11.0. The van der Waals surface area contributed by atoms with Gasteiger partial charge in [0, 0.05) is 16.3 Å². The van der Waals surface area contributed by atoms with Crippen LogP contribution < -0.4 is 5.32 Å². The highest BCUT2D eigenvalue weighted by molar-refractivity contribution is 6.30. The van der Waals surface area contributed by atoms with E-state index in [2.05, 4.69) is 41.5 Å². The Hall–Kier alpha value is -2.33. The van der Waals surface area contributed by atoms with Crippen LogP contribution in [0.1, 0.15) is 31.2 Å². The summed E-state index contributed by atoms with van der Waals surface area (Å²) in [6.45, 7) is 4.83. The predicted octanol–water partition coefficient (Wildman–Crippen LogP) is 5.13. The van der Waals surface area contributed by atoms with Crippen LogP contribution >= 0.6 is 11.6 Å². The van der Waals surface area contributed by atoms with Gasteiger partial charge in [0.15, 0.2) is 0 Å². The van der Waals surface area contributed by atoms with Crippen molar-refractivity contribution in [2.45, 2.75) is 26.3 Å². The van der Waals surface area contributed by atoms with E-state index in [9.17, 15) is 0 Å². The van der Waals surface area contributed by atoms with E-state index in [1.807, 2.05) is 30.3 Å². The number of benzene rings is 2. The van der Waals surface area contributed by atoms with Crippen molar-refractivity contribution >= 4 is 17.3 Å². The molecule has 0 saturated heterocycles. The molecule has 0 spiro atoms. The van der Waals surface area contributed by atoms with E-state index in [0.717, 1.165) is 11.3 Å². The van der Waals surface area contributed by atoms with Crippen molar-refractivity contribution in [2.75, 3.05) is 5.32 Å². The number of halogens is 1. The molecule has 0 amide bonds. The highest BCUT2D eigenvalue weighted by Gasteiger charge is 2.10. The van der Waals surface area contributed by atoms with Crippen LogP contribution in [-0.4, -0.2) is 10.2 Å². The number of nitrogens with one attached hydrogen (secondary N) is 1. The number of hydrogen-bond donors (Lipinski definition) is 1. The molecule has 0 radical (unpaired) electrons. The second kappa shape index (κ2) is 6.84. The first-order chi connectivity index (χ1) is 11.1. The summed E-state index contributed by atoms with van der Waals surface area (Å²) in [5, 5.41) is 12.2. The van der Waals surface area contributed by atoms with Gasteiger partial charge in [-0.05, 0) is 35.7 Å². The van der Waals surface area contributed by atoms with Crippen LogP contribution in [-0.2, 0) is 6.54 Å². The summed E-state index contributed by atoms with van der Waals surface area (Å²) >= 11 is 5.99. The zero-order valence-corrected chi connectivity index (χ0v) is 13.8. The number of para-hydroxylation sites is 1. The summed E-state index contributed by atoms with van der Waals surface area (Å²) in [5.41, 5.74) is 3.17. The minimum atomic E-state index is 0.448. The zero-order valence-electron chi connectivity index (χ0n) is 13.1.